The number of fused-ring (bicyclic) bond motifs is 1. The summed E-state index contributed by atoms with van der Waals surface area (Å²) in [4.78, 5) is 14.7. The van der Waals surface area contributed by atoms with E-state index in [1.54, 1.807) is 6.08 Å². The number of nitrogens with zero attached hydrogens (tertiary/aromatic N) is 2. The van der Waals surface area contributed by atoms with Crippen LogP contribution in [0, 0.1) is 0 Å². The first kappa shape index (κ1) is 13.9. The SMILES string of the molecule is CC(C)n1cc(C(=O)/C=C/N2CCCC2)c2ccccc21. The van der Waals surface area contributed by atoms with Gasteiger partial charge in [-0.25, -0.2) is 0 Å². The molecule has 3 heteroatoms. The van der Waals surface area contributed by atoms with E-state index >= 15 is 0 Å². The lowest BCUT2D eigenvalue weighted by atomic mass is 10.1. The van der Waals surface area contributed by atoms with Crippen molar-refractivity contribution >= 4 is 16.7 Å². The van der Waals surface area contributed by atoms with Crippen LogP contribution in [0.2, 0.25) is 0 Å². The Kier molecular flexibility index (Phi) is 3.82. The minimum absolute atomic E-state index is 0.0949. The van der Waals surface area contributed by atoms with Gasteiger partial charge in [-0.1, -0.05) is 18.2 Å². The Morgan fingerprint density at radius 2 is 1.90 bits per heavy atom. The second kappa shape index (κ2) is 5.76. The van der Waals surface area contributed by atoms with Crippen LogP contribution in [0.4, 0.5) is 0 Å². The maximum atomic E-state index is 12.5. The zero-order valence-corrected chi connectivity index (χ0v) is 12.7. The molecule has 0 bridgehead atoms. The van der Waals surface area contributed by atoms with Gasteiger partial charge in [0.1, 0.15) is 0 Å². The molecule has 1 fully saturated rings. The van der Waals surface area contributed by atoms with Crippen LogP contribution in [0.5, 0.6) is 0 Å². The van der Waals surface area contributed by atoms with Crippen molar-refractivity contribution in [3.8, 4) is 0 Å². The summed E-state index contributed by atoms with van der Waals surface area (Å²) in [5, 5.41) is 1.04. The van der Waals surface area contributed by atoms with Gasteiger partial charge in [0.15, 0.2) is 5.78 Å². The molecule has 1 saturated heterocycles. The Morgan fingerprint density at radius 3 is 2.62 bits per heavy atom. The standard InChI is InChI=1S/C18H22N2O/c1-14(2)20-13-16(15-7-3-4-8-17(15)20)18(21)9-12-19-10-5-6-11-19/h3-4,7-9,12-14H,5-6,10-11H2,1-2H3/b12-9+. The number of allylic oxidation sites excluding steroid dienone is 1. The molecule has 1 aliphatic heterocycles. The van der Waals surface area contributed by atoms with Gasteiger partial charge in [0, 0.05) is 54.1 Å². The van der Waals surface area contributed by atoms with Crippen molar-refractivity contribution in [2.24, 2.45) is 0 Å². The Morgan fingerprint density at radius 1 is 1.19 bits per heavy atom. The second-order valence-electron chi connectivity index (χ2n) is 5.98. The monoisotopic (exact) mass is 282 g/mol. The fourth-order valence-electron chi connectivity index (χ4n) is 2.98. The highest BCUT2D eigenvalue weighted by Gasteiger charge is 2.15. The van der Waals surface area contributed by atoms with Gasteiger partial charge >= 0.3 is 0 Å². The molecule has 0 aliphatic carbocycles. The number of hydrogen-bond acceptors (Lipinski definition) is 2. The first-order valence-electron chi connectivity index (χ1n) is 7.73. The maximum Gasteiger partial charge on any atom is 0.189 e. The molecule has 1 aromatic carbocycles. The van der Waals surface area contributed by atoms with Crippen molar-refractivity contribution in [3.63, 3.8) is 0 Å². The lowest BCUT2D eigenvalue weighted by Gasteiger charge is -2.09. The number of hydrogen-bond donors (Lipinski definition) is 0. The van der Waals surface area contributed by atoms with E-state index in [0.29, 0.717) is 6.04 Å². The molecule has 1 aliphatic rings. The highest BCUT2D eigenvalue weighted by atomic mass is 16.1. The summed E-state index contributed by atoms with van der Waals surface area (Å²) in [6.45, 7) is 6.41. The molecule has 3 nitrogen and oxygen atoms in total. The number of ketones is 1. The number of carbonyl (C=O) groups is 1. The van der Waals surface area contributed by atoms with Crippen LogP contribution in [-0.2, 0) is 0 Å². The fraction of sp³-hybridized carbons (Fsp3) is 0.389. The average Bonchev–Trinajstić information content (AvgIpc) is 3.12. The van der Waals surface area contributed by atoms with Crippen LogP contribution in [0.1, 0.15) is 43.1 Å². The summed E-state index contributed by atoms with van der Waals surface area (Å²) in [5.41, 5.74) is 1.93. The number of likely N-dealkylation sites (tertiary alicyclic amines) is 1. The van der Waals surface area contributed by atoms with Gasteiger partial charge in [-0.3, -0.25) is 4.79 Å². The molecule has 2 aromatic rings. The zero-order chi connectivity index (χ0) is 14.8. The Labute approximate surface area is 125 Å². The third-order valence-electron chi connectivity index (χ3n) is 4.14. The summed E-state index contributed by atoms with van der Waals surface area (Å²) in [6, 6.07) is 8.48. The van der Waals surface area contributed by atoms with Crippen LogP contribution in [0.15, 0.2) is 42.7 Å². The predicted molar refractivity (Wildman–Crippen MR) is 86.6 cm³/mol. The van der Waals surface area contributed by atoms with Crippen LogP contribution < -0.4 is 0 Å². The van der Waals surface area contributed by atoms with E-state index in [9.17, 15) is 4.79 Å². The van der Waals surface area contributed by atoms with Crippen molar-refractivity contribution in [3.05, 3.63) is 48.3 Å². The topological polar surface area (TPSA) is 25.2 Å². The van der Waals surface area contributed by atoms with Crippen molar-refractivity contribution in [1.82, 2.24) is 9.47 Å². The molecule has 0 spiro atoms. The molecule has 21 heavy (non-hydrogen) atoms. The van der Waals surface area contributed by atoms with Crippen LogP contribution >= 0.6 is 0 Å². The van der Waals surface area contributed by atoms with Gasteiger partial charge in [0.05, 0.1) is 0 Å². The Balaban J connectivity index is 1.94. The molecular weight excluding hydrogens is 260 g/mol. The van der Waals surface area contributed by atoms with E-state index in [-0.39, 0.29) is 5.78 Å². The van der Waals surface area contributed by atoms with Crippen molar-refractivity contribution in [2.45, 2.75) is 32.7 Å². The zero-order valence-electron chi connectivity index (χ0n) is 12.7. The average molecular weight is 282 g/mol. The smallest absolute Gasteiger partial charge is 0.189 e. The predicted octanol–water partition coefficient (Wildman–Crippen LogP) is 4.01. The molecule has 2 heterocycles. The van der Waals surface area contributed by atoms with Gasteiger partial charge in [0.25, 0.3) is 0 Å². The van der Waals surface area contributed by atoms with Crippen LogP contribution in [0.25, 0.3) is 10.9 Å². The molecule has 3 rings (SSSR count). The first-order chi connectivity index (χ1) is 10.2. The highest BCUT2D eigenvalue weighted by molar-refractivity contribution is 6.13. The van der Waals surface area contributed by atoms with E-state index in [1.165, 1.54) is 12.8 Å². The van der Waals surface area contributed by atoms with E-state index in [4.69, 9.17) is 0 Å². The van der Waals surface area contributed by atoms with Gasteiger partial charge in [-0.2, -0.15) is 0 Å². The van der Waals surface area contributed by atoms with Crippen molar-refractivity contribution < 1.29 is 4.79 Å². The molecule has 0 radical (unpaired) electrons. The lowest BCUT2D eigenvalue weighted by Crippen LogP contribution is -2.11. The quantitative estimate of drug-likeness (QED) is 0.625. The van der Waals surface area contributed by atoms with E-state index in [0.717, 1.165) is 29.6 Å². The molecule has 110 valence electrons. The number of rotatable bonds is 4. The first-order valence-corrected chi connectivity index (χ1v) is 7.73. The third-order valence-corrected chi connectivity index (χ3v) is 4.14. The highest BCUT2D eigenvalue weighted by Crippen LogP contribution is 2.25. The number of carbonyl (C=O) groups excluding carboxylic acids is 1. The second-order valence-corrected chi connectivity index (χ2v) is 5.98. The van der Waals surface area contributed by atoms with E-state index in [1.807, 2.05) is 30.6 Å². The lowest BCUT2D eigenvalue weighted by molar-refractivity contribution is 0.104. The van der Waals surface area contributed by atoms with E-state index in [2.05, 4.69) is 29.4 Å². The van der Waals surface area contributed by atoms with E-state index < -0.39 is 0 Å². The van der Waals surface area contributed by atoms with Crippen LogP contribution in [0.3, 0.4) is 0 Å². The molecule has 0 N–H and O–H groups in total. The summed E-state index contributed by atoms with van der Waals surface area (Å²) < 4.78 is 2.17. The third kappa shape index (κ3) is 2.73. The van der Waals surface area contributed by atoms with Gasteiger partial charge in [-0.15, -0.1) is 0 Å². The molecule has 0 amide bonds. The number of para-hydroxylation sites is 1. The summed E-state index contributed by atoms with van der Waals surface area (Å²) in [7, 11) is 0. The number of aromatic nitrogens is 1. The maximum absolute atomic E-state index is 12.5. The molecule has 0 unspecified atom stereocenters. The summed E-state index contributed by atoms with van der Waals surface area (Å²) in [6.07, 6.45) is 8.12. The van der Waals surface area contributed by atoms with Crippen molar-refractivity contribution in [2.75, 3.05) is 13.1 Å². The molecule has 0 atom stereocenters. The Hall–Kier alpha value is -2.03. The normalized spacial score (nSPS) is 15.7. The number of benzene rings is 1. The largest absolute Gasteiger partial charge is 0.377 e. The molecule has 0 saturated carbocycles. The Bertz CT molecular complexity index is 676. The van der Waals surface area contributed by atoms with Gasteiger partial charge < -0.3 is 9.47 Å². The van der Waals surface area contributed by atoms with Crippen molar-refractivity contribution in [1.29, 1.82) is 0 Å². The van der Waals surface area contributed by atoms with Gasteiger partial charge in [-0.05, 0) is 32.8 Å². The minimum Gasteiger partial charge on any atom is -0.377 e. The summed E-state index contributed by atoms with van der Waals surface area (Å²) in [5.74, 6) is 0.0949. The van der Waals surface area contributed by atoms with Gasteiger partial charge in [0.2, 0.25) is 0 Å². The summed E-state index contributed by atoms with van der Waals surface area (Å²) >= 11 is 0. The minimum atomic E-state index is 0.0949. The van der Waals surface area contributed by atoms with Crippen LogP contribution in [-0.4, -0.2) is 28.3 Å². The fourth-order valence-corrected chi connectivity index (χ4v) is 2.98. The molecule has 1 aromatic heterocycles. The molecular formula is C18H22N2O.